The zero-order valence-corrected chi connectivity index (χ0v) is 11.3. The van der Waals surface area contributed by atoms with Crippen LogP contribution in [0.25, 0.3) is 0 Å². The molecule has 0 saturated carbocycles. The van der Waals surface area contributed by atoms with Crippen molar-refractivity contribution in [1.29, 1.82) is 0 Å². The van der Waals surface area contributed by atoms with Gasteiger partial charge in [-0.2, -0.15) is 11.8 Å². The lowest BCUT2D eigenvalue weighted by atomic mass is 10.1. The van der Waals surface area contributed by atoms with Gasteiger partial charge in [-0.05, 0) is 30.7 Å². The van der Waals surface area contributed by atoms with E-state index in [-0.39, 0.29) is 0 Å². The van der Waals surface area contributed by atoms with E-state index in [0.717, 1.165) is 24.9 Å². The molecule has 0 aliphatic carbocycles. The number of hydrogen-bond donors (Lipinski definition) is 0. The second kappa shape index (κ2) is 5.13. The Bertz CT molecular complexity index is 386. The molecule has 17 heavy (non-hydrogen) atoms. The number of nitrogens with zero attached hydrogens (tertiary/aromatic N) is 1. The lowest BCUT2D eigenvalue weighted by Gasteiger charge is -2.24. The van der Waals surface area contributed by atoms with Crippen LogP contribution in [0.1, 0.15) is 30.6 Å². The average Bonchev–Trinajstić information content (AvgIpc) is 2.50. The number of carbonyl (C=O) groups excluding carboxylic acids is 1. The zero-order chi connectivity index (χ0) is 12.3. The Morgan fingerprint density at radius 2 is 1.94 bits per heavy atom. The lowest BCUT2D eigenvalue weighted by molar-refractivity contribution is 0.112. The van der Waals surface area contributed by atoms with Crippen molar-refractivity contribution in [2.45, 2.75) is 25.0 Å². The summed E-state index contributed by atoms with van der Waals surface area (Å²) in [6.07, 6.45) is 2.10. The summed E-state index contributed by atoms with van der Waals surface area (Å²) in [6, 6.07) is 7.89. The minimum atomic E-state index is 0.386. The van der Waals surface area contributed by atoms with Crippen LogP contribution in [0.4, 0.5) is 5.69 Å². The summed E-state index contributed by atoms with van der Waals surface area (Å²) in [5, 5.41) is 0. The third-order valence-electron chi connectivity index (χ3n) is 3.23. The van der Waals surface area contributed by atoms with Crippen LogP contribution in [0.2, 0.25) is 0 Å². The molecule has 1 aliphatic heterocycles. The van der Waals surface area contributed by atoms with Crippen LogP contribution in [0.3, 0.4) is 0 Å². The first-order chi connectivity index (χ1) is 8.11. The summed E-state index contributed by atoms with van der Waals surface area (Å²) in [5.74, 6) is 1.17. The first kappa shape index (κ1) is 12.5. The van der Waals surface area contributed by atoms with E-state index in [9.17, 15) is 4.79 Å². The topological polar surface area (TPSA) is 20.3 Å². The van der Waals surface area contributed by atoms with Crippen molar-refractivity contribution in [3.63, 3.8) is 0 Å². The number of aldehydes is 1. The van der Waals surface area contributed by atoms with Crippen molar-refractivity contribution in [2.75, 3.05) is 23.7 Å². The van der Waals surface area contributed by atoms with E-state index in [0.29, 0.717) is 4.75 Å². The van der Waals surface area contributed by atoms with Crippen molar-refractivity contribution in [3.05, 3.63) is 29.8 Å². The number of thioether (sulfide) groups is 1. The summed E-state index contributed by atoms with van der Waals surface area (Å²) in [5.41, 5.74) is 1.98. The third-order valence-corrected chi connectivity index (χ3v) is 4.60. The first-order valence-electron chi connectivity index (χ1n) is 6.05. The SMILES string of the molecule is CC1(C)CCN(c2ccc(C=O)cc2)CCS1. The molecular weight excluding hydrogens is 230 g/mol. The zero-order valence-electron chi connectivity index (χ0n) is 10.5. The van der Waals surface area contributed by atoms with Gasteiger partial charge in [0.05, 0.1) is 0 Å². The Hall–Kier alpha value is -0.960. The molecule has 1 aromatic rings. The molecule has 0 aromatic heterocycles. The Kier molecular flexibility index (Phi) is 3.77. The molecule has 2 nitrogen and oxygen atoms in total. The maximum atomic E-state index is 10.6. The highest BCUT2D eigenvalue weighted by Gasteiger charge is 2.23. The van der Waals surface area contributed by atoms with Gasteiger partial charge in [-0.1, -0.05) is 13.8 Å². The van der Waals surface area contributed by atoms with E-state index in [1.54, 1.807) is 0 Å². The lowest BCUT2D eigenvalue weighted by Crippen LogP contribution is -2.26. The van der Waals surface area contributed by atoms with Crippen molar-refractivity contribution in [3.8, 4) is 0 Å². The van der Waals surface area contributed by atoms with E-state index in [2.05, 4.69) is 18.7 Å². The maximum Gasteiger partial charge on any atom is 0.150 e. The minimum absolute atomic E-state index is 0.386. The summed E-state index contributed by atoms with van der Waals surface area (Å²) < 4.78 is 0.386. The smallest absolute Gasteiger partial charge is 0.150 e. The Morgan fingerprint density at radius 1 is 1.24 bits per heavy atom. The molecule has 0 bridgehead atoms. The molecule has 0 N–H and O–H groups in total. The Balaban J connectivity index is 2.08. The molecule has 1 fully saturated rings. The number of anilines is 1. The molecule has 1 aliphatic rings. The minimum Gasteiger partial charge on any atom is -0.371 e. The van der Waals surface area contributed by atoms with Gasteiger partial charge in [0.2, 0.25) is 0 Å². The van der Waals surface area contributed by atoms with Gasteiger partial charge in [0, 0.05) is 34.8 Å². The second-order valence-corrected chi connectivity index (χ2v) is 6.86. The van der Waals surface area contributed by atoms with E-state index < -0.39 is 0 Å². The maximum absolute atomic E-state index is 10.6. The van der Waals surface area contributed by atoms with Gasteiger partial charge >= 0.3 is 0 Å². The molecule has 1 heterocycles. The average molecular weight is 249 g/mol. The summed E-state index contributed by atoms with van der Waals surface area (Å²) >= 11 is 2.05. The van der Waals surface area contributed by atoms with Gasteiger partial charge in [-0.3, -0.25) is 4.79 Å². The number of rotatable bonds is 2. The molecular formula is C14H19NOS. The van der Waals surface area contributed by atoms with Gasteiger partial charge in [-0.25, -0.2) is 0 Å². The fraction of sp³-hybridized carbons (Fsp3) is 0.500. The highest BCUT2D eigenvalue weighted by atomic mass is 32.2. The monoisotopic (exact) mass is 249 g/mol. The first-order valence-corrected chi connectivity index (χ1v) is 7.03. The van der Waals surface area contributed by atoms with E-state index in [1.807, 2.05) is 36.0 Å². The van der Waals surface area contributed by atoms with Gasteiger partial charge in [0.1, 0.15) is 6.29 Å². The van der Waals surface area contributed by atoms with Crippen LogP contribution in [-0.2, 0) is 0 Å². The van der Waals surface area contributed by atoms with Gasteiger partial charge in [0.15, 0.2) is 0 Å². The summed E-state index contributed by atoms with van der Waals surface area (Å²) in [6.45, 7) is 6.82. The molecule has 1 saturated heterocycles. The highest BCUT2D eigenvalue weighted by molar-refractivity contribution is 8.00. The van der Waals surface area contributed by atoms with Crippen LogP contribution in [-0.4, -0.2) is 29.9 Å². The number of hydrogen-bond acceptors (Lipinski definition) is 3. The molecule has 0 atom stereocenters. The van der Waals surface area contributed by atoms with Gasteiger partial charge < -0.3 is 4.90 Å². The van der Waals surface area contributed by atoms with E-state index in [4.69, 9.17) is 0 Å². The molecule has 0 spiro atoms. The largest absolute Gasteiger partial charge is 0.371 e. The van der Waals surface area contributed by atoms with Gasteiger partial charge in [0.25, 0.3) is 0 Å². The molecule has 2 rings (SSSR count). The molecule has 1 aromatic carbocycles. The normalized spacial score (nSPS) is 19.8. The van der Waals surface area contributed by atoms with Crippen molar-refractivity contribution < 1.29 is 4.79 Å². The van der Waals surface area contributed by atoms with Crippen LogP contribution < -0.4 is 4.90 Å². The highest BCUT2D eigenvalue weighted by Crippen LogP contribution is 2.32. The predicted octanol–water partition coefficient (Wildman–Crippen LogP) is 3.22. The van der Waals surface area contributed by atoms with Gasteiger partial charge in [-0.15, -0.1) is 0 Å². The van der Waals surface area contributed by atoms with Crippen LogP contribution >= 0.6 is 11.8 Å². The van der Waals surface area contributed by atoms with Crippen molar-refractivity contribution in [2.24, 2.45) is 0 Å². The van der Waals surface area contributed by atoms with Crippen molar-refractivity contribution >= 4 is 23.7 Å². The summed E-state index contributed by atoms with van der Waals surface area (Å²) in [4.78, 5) is 13.0. The van der Waals surface area contributed by atoms with Crippen LogP contribution in [0, 0.1) is 0 Å². The fourth-order valence-electron chi connectivity index (χ4n) is 2.04. The Labute approximate surface area is 107 Å². The molecule has 0 amide bonds. The molecule has 0 unspecified atom stereocenters. The van der Waals surface area contributed by atoms with E-state index in [1.165, 1.54) is 17.9 Å². The Morgan fingerprint density at radius 3 is 2.59 bits per heavy atom. The van der Waals surface area contributed by atoms with Crippen LogP contribution in [0.15, 0.2) is 24.3 Å². The third kappa shape index (κ3) is 3.25. The predicted molar refractivity (Wildman–Crippen MR) is 75.2 cm³/mol. The van der Waals surface area contributed by atoms with Crippen LogP contribution in [0.5, 0.6) is 0 Å². The second-order valence-electron chi connectivity index (χ2n) is 5.05. The fourth-order valence-corrected chi connectivity index (χ4v) is 3.14. The standard InChI is InChI=1S/C14H19NOS/c1-14(2)7-8-15(9-10-17-14)13-5-3-12(11-16)4-6-13/h3-6,11H,7-10H2,1-2H3. The molecule has 3 heteroatoms. The van der Waals surface area contributed by atoms with E-state index >= 15 is 0 Å². The molecule has 92 valence electrons. The molecule has 0 radical (unpaired) electrons. The summed E-state index contributed by atoms with van der Waals surface area (Å²) in [7, 11) is 0. The number of benzene rings is 1. The van der Waals surface area contributed by atoms with Crippen molar-refractivity contribution in [1.82, 2.24) is 0 Å². The quantitative estimate of drug-likeness (QED) is 0.751. The number of carbonyl (C=O) groups is 1.